The highest BCUT2D eigenvalue weighted by Crippen LogP contribution is 2.19. The highest BCUT2D eigenvalue weighted by Gasteiger charge is 2.04. The first-order valence-corrected chi connectivity index (χ1v) is 6.68. The molecule has 0 amide bonds. The third-order valence-corrected chi connectivity index (χ3v) is 3.33. The molecule has 1 unspecified atom stereocenters. The Hall–Kier alpha value is -0.730. The molecule has 0 heterocycles. The minimum atomic E-state index is 0.764. The zero-order chi connectivity index (χ0) is 12.7. The van der Waals surface area contributed by atoms with Gasteiger partial charge < -0.3 is 10.2 Å². The SMILES string of the molecule is CCC(C)CN(C)CCNc1ccccc1Cl. The number of benzene rings is 1. The molecule has 1 aromatic rings. The third-order valence-electron chi connectivity index (χ3n) is 3.00. The maximum absolute atomic E-state index is 6.07. The van der Waals surface area contributed by atoms with Crippen molar-refractivity contribution in [1.29, 1.82) is 0 Å². The van der Waals surface area contributed by atoms with Crippen LogP contribution in [-0.4, -0.2) is 31.6 Å². The molecule has 1 rings (SSSR count). The molecule has 2 nitrogen and oxygen atoms in total. The summed E-state index contributed by atoms with van der Waals surface area (Å²) in [5, 5.41) is 4.15. The maximum atomic E-state index is 6.07. The zero-order valence-corrected chi connectivity index (χ0v) is 11.8. The predicted molar refractivity (Wildman–Crippen MR) is 76.9 cm³/mol. The fourth-order valence-corrected chi connectivity index (χ4v) is 1.94. The molecule has 0 aliphatic rings. The Labute approximate surface area is 110 Å². The highest BCUT2D eigenvalue weighted by molar-refractivity contribution is 6.33. The van der Waals surface area contributed by atoms with Crippen molar-refractivity contribution in [2.45, 2.75) is 20.3 Å². The van der Waals surface area contributed by atoms with Gasteiger partial charge in [0.05, 0.1) is 10.7 Å². The molecule has 0 spiro atoms. The van der Waals surface area contributed by atoms with Crippen molar-refractivity contribution in [2.24, 2.45) is 5.92 Å². The summed E-state index contributed by atoms with van der Waals surface area (Å²) in [5.74, 6) is 0.764. The second kappa shape index (κ2) is 7.57. The number of hydrogen-bond acceptors (Lipinski definition) is 2. The summed E-state index contributed by atoms with van der Waals surface area (Å²) in [7, 11) is 2.17. The van der Waals surface area contributed by atoms with Crippen molar-refractivity contribution in [2.75, 3.05) is 32.0 Å². The molecule has 0 bridgehead atoms. The van der Waals surface area contributed by atoms with Gasteiger partial charge in [0.15, 0.2) is 0 Å². The van der Waals surface area contributed by atoms with Crippen molar-refractivity contribution in [1.82, 2.24) is 4.90 Å². The first-order valence-electron chi connectivity index (χ1n) is 6.30. The van der Waals surface area contributed by atoms with Crippen molar-refractivity contribution in [3.05, 3.63) is 29.3 Å². The van der Waals surface area contributed by atoms with E-state index in [-0.39, 0.29) is 0 Å². The standard InChI is InChI=1S/C14H23ClN2/c1-4-12(2)11-17(3)10-9-16-14-8-6-5-7-13(14)15/h5-8,12,16H,4,9-11H2,1-3H3. The minimum absolute atomic E-state index is 0.764. The van der Waals surface area contributed by atoms with Gasteiger partial charge in [-0.2, -0.15) is 0 Å². The van der Waals surface area contributed by atoms with Gasteiger partial charge in [-0.25, -0.2) is 0 Å². The molecule has 96 valence electrons. The monoisotopic (exact) mass is 254 g/mol. The van der Waals surface area contributed by atoms with Crippen molar-refractivity contribution < 1.29 is 0 Å². The lowest BCUT2D eigenvalue weighted by Gasteiger charge is -2.20. The minimum Gasteiger partial charge on any atom is -0.383 e. The number of para-hydroxylation sites is 1. The topological polar surface area (TPSA) is 15.3 Å². The molecule has 0 fully saturated rings. The van der Waals surface area contributed by atoms with E-state index < -0.39 is 0 Å². The van der Waals surface area contributed by atoms with Gasteiger partial charge in [-0.1, -0.05) is 44.0 Å². The number of likely N-dealkylation sites (N-methyl/N-ethyl adjacent to an activating group) is 1. The summed E-state index contributed by atoms with van der Waals surface area (Å²) in [5.41, 5.74) is 1.02. The molecule has 1 aromatic carbocycles. The van der Waals surface area contributed by atoms with Gasteiger partial charge >= 0.3 is 0 Å². The maximum Gasteiger partial charge on any atom is 0.0637 e. The lowest BCUT2D eigenvalue weighted by molar-refractivity contribution is 0.291. The molecule has 0 aromatic heterocycles. The molecule has 0 saturated carbocycles. The van der Waals surface area contributed by atoms with Crippen LogP contribution in [0.4, 0.5) is 5.69 Å². The number of nitrogens with zero attached hydrogens (tertiary/aromatic N) is 1. The van der Waals surface area contributed by atoms with Crippen LogP contribution in [0.1, 0.15) is 20.3 Å². The number of rotatable bonds is 7. The summed E-state index contributed by atoms with van der Waals surface area (Å²) < 4.78 is 0. The Bertz CT molecular complexity index is 328. The van der Waals surface area contributed by atoms with Crippen LogP contribution in [0.25, 0.3) is 0 Å². The fourth-order valence-electron chi connectivity index (χ4n) is 1.74. The van der Waals surface area contributed by atoms with E-state index in [0.717, 1.165) is 36.3 Å². The second-order valence-corrected chi connectivity index (χ2v) is 5.09. The van der Waals surface area contributed by atoms with Crippen LogP contribution in [-0.2, 0) is 0 Å². The number of nitrogens with one attached hydrogen (secondary N) is 1. The molecule has 3 heteroatoms. The lowest BCUT2D eigenvalue weighted by Crippen LogP contribution is -2.29. The fraction of sp³-hybridized carbons (Fsp3) is 0.571. The van der Waals surface area contributed by atoms with E-state index in [9.17, 15) is 0 Å². The van der Waals surface area contributed by atoms with E-state index in [0.29, 0.717) is 0 Å². The van der Waals surface area contributed by atoms with E-state index in [4.69, 9.17) is 11.6 Å². The Morgan fingerprint density at radius 3 is 2.71 bits per heavy atom. The molecular formula is C14H23ClN2. The normalized spacial score (nSPS) is 12.8. The van der Waals surface area contributed by atoms with Crippen LogP contribution < -0.4 is 5.32 Å². The summed E-state index contributed by atoms with van der Waals surface area (Å²) in [4.78, 5) is 2.36. The third kappa shape index (κ3) is 5.42. The number of anilines is 1. The van der Waals surface area contributed by atoms with Gasteiger partial charge in [0, 0.05) is 19.6 Å². The van der Waals surface area contributed by atoms with Gasteiger partial charge in [-0.15, -0.1) is 0 Å². The van der Waals surface area contributed by atoms with Crippen LogP contribution in [0.2, 0.25) is 5.02 Å². The van der Waals surface area contributed by atoms with Crippen LogP contribution >= 0.6 is 11.6 Å². The van der Waals surface area contributed by atoms with Gasteiger partial charge in [0.1, 0.15) is 0 Å². The van der Waals surface area contributed by atoms with Crippen molar-refractivity contribution >= 4 is 17.3 Å². The average molecular weight is 255 g/mol. The Morgan fingerprint density at radius 2 is 2.06 bits per heavy atom. The molecule has 17 heavy (non-hydrogen) atoms. The number of halogens is 1. The van der Waals surface area contributed by atoms with Gasteiger partial charge in [0.2, 0.25) is 0 Å². The first-order chi connectivity index (χ1) is 8.13. The van der Waals surface area contributed by atoms with Gasteiger partial charge in [0.25, 0.3) is 0 Å². The van der Waals surface area contributed by atoms with Crippen molar-refractivity contribution in [3.63, 3.8) is 0 Å². The lowest BCUT2D eigenvalue weighted by atomic mass is 10.1. The van der Waals surface area contributed by atoms with Gasteiger partial charge in [-0.3, -0.25) is 0 Å². The number of hydrogen-bond donors (Lipinski definition) is 1. The van der Waals surface area contributed by atoms with E-state index in [1.807, 2.05) is 24.3 Å². The van der Waals surface area contributed by atoms with E-state index in [1.165, 1.54) is 6.42 Å². The predicted octanol–water partition coefficient (Wildman–Crippen LogP) is 3.73. The molecule has 1 atom stereocenters. The molecule has 1 N–H and O–H groups in total. The summed E-state index contributed by atoms with van der Waals surface area (Å²) >= 11 is 6.07. The summed E-state index contributed by atoms with van der Waals surface area (Å²) in [6.07, 6.45) is 1.24. The van der Waals surface area contributed by atoms with Crippen molar-refractivity contribution in [3.8, 4) is 0 Å². The first kappa shape index (κ1) is 14.3. The Kier molecular flexibility index (Phi) is 6.38. The summed E-state index contributed by atoms with van der Waals surface area (Å²) in [6, 6.07) is 7.86. The van der Waals surface area contributed by atoms with Crippen LogP contribution in [0.3, 0.4) is 0 Å². The molecule has 0 aliphatic heterocycles. The Morgan fingerprint density at radius 1 is 1.35 bits per heavy atom. The quantitative estimate of drug-likeness (QED) is 0.798. The second-order valence-electron chi connectivity index (χ2n) is 4.68. The molecule has 0 saturated heterocycles. The Balaban J connectivity index is 2.26. The highest BCUT2D eigenvalue weighted by atomic mass is 35.5. The molecule has 0 aliphatic carbocycles. The largest absolute Gasteiger partial charge is 0.383 e. The van der Waals surface area contributed by atoms with Gasteiger partial charge in [-0.05, 0) is 25.1 Å². The smallest absolute Gasteiger partial charge is 0.0637 e. The summed E-state index contributed by atoms with van der Waals surface area (Å²) in [6.45, 7) is 7.64. The van der Waals surface area contributed by atoms with E-state index in [2.05, 4.69) is 31.1 Å². The van der Waals surface area contributed by atoms with E-state index >= 15 is 0 Å². The van der Waals surface area contributed by atoms with Crippen LogP contribution in [0.15, 0.2) is 24.3 Å². The average Bonchev–Trinajstić information content (AvgIpc) is 2.31. The molecule has 0 radical (unpaired) electrons. The molecular weight excluding hydrogens is 232 g/mol. The van der Waals surface area contributed by atoms with Crippen LogP contribution in [0, 0.1) is 5.92 Å². The van der Waals surface area contributed by atoms with Crippen LogP contribution in [0.5, 0.6) is 0 Å². The van der Waals surface area contributed by atoms with E-state index in [1.54, 1.807) is 0 Å². The zero-order valence-electron chi connectivity index (χ0n) is 11.0.